The fourth-order valence-electron chi connectivity index (χ4n) is 2.86. The van der Waals surface area contributed by atoms with Gasteiger partial charge < -0.3 is 5.32 Å². The number of amides is 1. The van der Waals surface area contributed by atoms with Crippen LogP contribution in [0.4, 0.5) is 0 Å². The molecule has 0 atom stereocenters. The Morgan fingerprint density at radius 2 is 1.95 bits per heavy atom. The Labute approximate surface area is 125 Å². The summed E-state index contributed by atoms with van der Waals surface area (Å²) < 4.78 is 1.87. The van der Waals surface area contributed by atoms with Crippen LogP contribution in [0.15, 0.2) is 42.7 Å². The van der Waals surface area contributed by atoms with Crippen LogP contribution in [-0.4, -0.2) is 21.7 Å². The van der Waals surface area contributed by atoms with E-state index in [1.807, 2.05) is 41.2 Å². The Hall–Kier alpha value is -2.10. The van der Waals surface area contributed by atoms with Gasteiger partial charge in [0.1, 0.15) is 0 Å². The van der Waals surface area contributed by atoms with Gasteiger partial charge in [-0.15, -0.1) is 0 Å². The second kappa shape index (κ2) is 6.57. The molecule has 0 aliphatic heterocycles. The highest BCUT2D eigenvalue weighted by atomic mass is 16.1. The van der Waals surface area contributed by atoms with Crippen molar-refractivity contribution in [3.63, 3.8) is 0 Å². The molecule has 1 aromatic heterocycles. The molecular weight excluding hydrogens is 262 g/mol. The molecular formula is C17H21N3O. The zero-order valence-corrected chi connectivity index (χ0v) is 12.2. The molecule has 1 N–H and O–H groups in total. The first-order valence-corrected chi connectivity index (χ1v) is 7.68. The van der Waals surface area contributed by atoms with Crippen LogP contribution in [0.2, 0.25) is 0 Å². The fourth-order valence-corrected chi connectivity index (χ4v) is 2.86. The first kappa shape index (κ1) is 13.9. The molecule has 3 rings (SSSR count). The van der Waals surface area contributed by atoms with Gasteiger partial charge in [0.15, 0.2) is 0 Å². The van der Waals surface area contributed by atoms with E-state index in [2.05, 4.69) is 10.4 Å². The number of nitrogens with zero attached hydrogens (tertiary/aromatic N) is 2. The second-order valence-corrected chi connectivity index (χ2v) is 5.71. The van der Waals surface area contributed by atoms with Crippen LogP contribution in [0, 0.1) is 0 Å². The molecule has 1 amide bonds. The van der Waals surface area contributed by atoms with Crippen molar-refractivity contribution >= 4 is 5.91 Å². The summed E-state index contributed by atoms with van der Waals surface area (Å²) in [6.45, 7) is 0.734. The van der Waals surface area contributed by atoms with E-state index in [1.54, 1.807) is 6.20 Å². The molecule has 0 saturated heterocycles. The number of aromatic nitrogens is 2. The molecule has 21 heavy (non-hydrogen) atoms. The monoisotopic (exact) mass is 283 g/mol. The van der Waals surface area contributed by atoms with Gasteiger partial charge in [-0.05, 0) is 36.6 Å². The van der Waals surface area contributed by atoms with Gasteiger partial charge >= 0.3 is 0 Å². The van der Waals surface area contributed by atoms with E-state index in [9.17, 15) is 4.79 Å². The quantitative estimate of drug-likeness (QED) is 0.937. The molecule has 0 spiro atoms. The average molecular weight is 283 g/mol. The van der Waals surface area contributed by atoms with Crippen molar-refractivity contribution in [2.45, 2.75) is 44.7 Å². The van der Waals surface area contributed by atoms with Crippen molar-refractivity contribution < 1.29 is 4.79 Å². The van der Waals surface area contributed by atoms with Crippen molar-refractivity contribution in [3.05, 3.63) is 53.9 Å². The molecule has 1 heterocycles. The Bertz CT molecular complexity index is 569. The summed E-state index contributed by atoms with van der Waals surface area (Å²) in [4.78, 5) is 12.2. The van der Waals surface area contributed by atoms with E-state index in [-0.39, 0.29) is 5.91 Å². The lowest BCUT2D eigenvalue weighted by molar-refractivity contribution is 0.0927. The summed E-state index contributed by atoms with van der Waals surface area (Å²) in [5.74, 6) is 0.0486. The Kier molecular flexibility index (Phi) is 4.34. The predicted octanol–water partition coefficient (Wildman–Crippen LogP) is 2.99. The van der Waals surface area contributed by atoms with Gasteiger partial charge in [-0.1, -0.05) is 31.4 Å². The van der Waals surface area contributed by atoms with E-state index >= 15 is 0 Å². The first-order chi connectivity index (χ1) is 10.3. The highest BCUT2D eigenvalue weighted by Gasteiger charge is 2.16. The summed E-state index contributed by atoms with van der Waals surface area (Å²) in [6, 6.07) is 10.1. The number of hydrogen-bond donors (Lipinski definition) is 1. The largest absolute Gasteiger partial charge is 0.349 e. The van der Waals surface area contributed by atoms with Crippen molar-refractivity contribution in [2.24, 2.45) is 0 Å². The van der Waals surface area contributed by atoms with Crippen LogP contribution in [-0.2, 0) is 6.54 Å². The number of hydrogen-bond acceptors (Lipinski definition) is 2. The number of carbonyl (C=O) groups excluding carboxylic acids is 1. The lowest BCUT2D eigenvalue weighted by Crippen LogP contribution is -2.36. The zero-order valence-electron chi connectivity index (χ0n) is 12.2. The molecule has 1 fully saturated rings. The SMILES string of the molecule is O=C(NC1CCCCC1)c1ccc(Cn2cccn2)cc1. The second-order valence-electron chi connectivity index (χ2n) is 5.71. The summed E-state index contributed by atoms with van der Waals surface area (Å²) in [5, 5.41) is 7.33. The van der Waals surface area contributed by atoms with E-state index < -0.39 is 0 Å². The highest BCUT2D eigenvalue weighted by Crippen LogP contribution is 2.18. The molecule has 0 bridgehead atoms. The minimum atomic E-state index is 0.0486. The molecule has 1 aliphatic carbocycles. The molecule has 110 valence electrons. The van der Waals surface area contributed by atoms with Crippen LogP contribution in [0.25, 0.3) is 0 Å². The lowest BCUT2D eigenvalue weighted by atomic mass is 9.95. The third-order valence-corrected chi connectivity index (χ3v) is 4.06. The Balaban J connectivity index is 1.59. The van der Waals surface area contributed by atoms with Crippen LogP contribution in [0.5, 0.6) is 0 Å². The minimum Gasteiger partial charge on any atom is -0.349 e. The van der Waals surface area contributed by atoms with Gasteiger partial charge in [0.05, 0.1) is 6.54 Å². The van der Waals surface area contributed by atoms with E-state index in [0.717, 1.165) is 30.5 Å². The van der Waals surface area contributed by atoms with Crippen molar-refractivity contribution in [2.75, 3.05) is 0 Å². The van der Waals surface area contributed by atoms with Crippen molar-refractivity contribution in [1.29, 1.82) is 0 Å². The Morgan fingerprint density at radius 3 is 2.62 bits per heavy atom. The third-order valence-electron chi connectivity index (χ3n) is 4.06. The number of rotatable bonds is 4. The molecule has 0 unspecified atom stereocenters. The van der Waals surface area contributed by atoms with Gasteiger partial charge in [0.25, 0.3) is 5.91 Å². The Morgan fingerprint density at radius 1 is 1.19 bits per heavy atom. The summed E-state index contributed by atoms with van der Waals surface area (Å²) in [6.07, 6.45) is 9.69. The average Bonchev–Trinajstić information content (AvgIpc) is 3.02. The molecule has 4 heteroatoms. The van der Waals surface area contributed by atoms with E-state index in [0.29, 0.717) is 6.04 Å². The fraction of sp³-hybridized carbons (Fsp3) is 0.412. The normalized spacial score (nSPS) is 15.8. The maximum Gasteiger partial charge on any atom is 0.251 e. The number of carbonyl (C=O) groups is 1. The van der Waals surface area contributed by atoms with E-state index in [1.165, 1.54) is 19.3 Å². The third kappa shape index (κ3) is 3.72. The highest BCUT2D eigenvalue weighted by molar-refractivity contribution is 5.94. The maximum absolute atomic E-state index is 12.2. The lowest BCUT2D eigenvalue weighted by Gasteiger charge is -2.22. The standard InChI is InChI=1S/C17H21N3O/c21-17(19-16-5-2-1-3-6-16)15-9-7-14(8-10-15)13-20-12-4-11-18-20/h4,7-12,16H,1-3,5-6,13H2,(H,19,21). The first-order valence-electron chi connectivity index (χ1n) is 7.68. The number of benzene rings is 1. The minimum absolute atomic E-state index is 0.0486. The molecule has 1 saturated carbocycles. The van der Waals surface area contributed by atoms with Crippen molar-refractivity contribution in [1.82, 2.24) is 15.1 Å². The molecule has 4 nitrogen and oxygen atoms in total. The van der Waals surface area contributed by atoms with Gasteiger partial charge in [0.2, 0.25) is 0 Å². The van der Waals surface area contributed by atoms with Gasteiger partial charge in [-0.3, -0.25) is 9.48 Å². The topological polar surface area (TPSA) is 46.9 Å². The van der Waals surface area contributed by atoms with Crippen LogP contribution in [0.3, 0.4) is 0 Å². The smallest absolute Gasteiger partial charge is 0.251 e. The molecule has 1 aromatic carbocycles. The molecule has 0 radical (unpaired) electrons. The molecule has 1 aliphatic rings. The maximum atomic E-state index is 12.2. The van der Waals surface area contributed by atoms with Crippen LogP contribution in [0.1, 0.15) is 48.0 Å². The zero-order chi connectivity index (χ0) is 14.5. The van der Waals surface area contributed by atoms with Gasteiger partial charge in [-0.2, -0.15) is 5.10 Å². The number of nitrogens with one attached hydrogen (secondary N) is 1. The van der Waals surface area contributed by atoms with Gasteiger partial charge in [-0.25, -0.2) is 0 Å². The van der Waals surface area contributed by atoms with Crippen molar-refractivity contribution in [3.8, 4) is 0 Å². The van der Waals surface area contributed by atoms with Crippen LogP contribution >= 0.6 is 0 Å². The summed E-state index contributed by atoms with van der Waals surface area (Å²) in [5.41, 5.74) is 1.89. The summed E-state index contributed by atoms with van der Waals surface area (Å²) in [7, 11) is 0. The summed E-state index contributed by atoms with van der Waals surface area (Å²) >= 11 is 0. The van der Waals surface area contributed by atoms with Crippen LogP contribution < -0.4 is 5.32 Å². The van der Waals surface area contributed by atoms with E-state index in [4.69, 9.17) is 0 Å². The van der Waals surface area contributed by atoms with Gasteiger partial charge in [0, 0.05) is 24.0 Å². The predicted molar refractivity (Wildman–Crippen MR) is 82.1 cm³/mol. The molecule has 2 aromatic rings.